The first-order valence-electron chi connectivity index (χ1n) is 8.06. The molecule has 2 aromatic rings. The van der Waals surface area contributed by atoms with E-state index in [2.05, 4.69) is 31.9 Å². The van der Waals surface area contributed by atoms with Crippen molar-refractivity contribution in [3.8, 4) is 0 Å². The van der Waals surface area contributed by atoms with E-state index in [-0.39, 0.29) is 18.0 Å². The molecule has 0 saturated carbocycles. The van der Waals surface area contributed by atoms with Crippen LogP contribution in [0.1, 0.15) is 35.3 Å². The van der Waals surface area contributed by atoms with Crippen LogP contribution in [-0.4, -0.2) is 18.0 Å². The molecule has 0 aromatic heterocycles. The molecule has 25 heavy (non-hydrogen) atoms. The number of nitrogens with one attached hydrogen (secondary N) is 3. The van der Waals surface area contributed by atoms with E-state index in [0.717, 1.165) is 21.3 Å². The molecule has 5 nitrogen and oxygen atoms in total. The van der Waals surface area contributed by atoms with E-state index in [1.165, 1.54) is 0 Å². The first kappa shape index (κ1) is 19.0. The van der Waals surface area contributed by atoms with Gasteiger partial charge in [-0.05, 0) is 62.2 Å². The quantitative estimate of drug-likeness (QED) is 0.699. The number of aryl methyl sites for hydroxylation is 1. The Bertz CT molecular complexity index is 758. The highest BCUT2D eigenvalue weighted by atomic mass is 79.9. The minimum absolute atomic E-state index is 0.0909. The summed E-state index contributed by atoms with van der Waals surface area (Å²) in [6.07, 6.45) is 0. The van der Waals surface area contributed by atoms with Gasteiger partial charge in [-0.2, -0.15) is 0 Å². The minimum Gasteiger partial charge on any atom is -0.336 e. The second-order valence-corrected chi connectivity index (χ2v) is 7.01. The summed E-state index contributed by atoms with van der Waals surface area (Å²) in [6, 6.07) is 12.8. The molecular formula is C19H22BrN3O2. The third kappa shape index (κ3) is 5.90. The molecule has 0 heterocycles. The number of rotatable bonds is 5. The number of carbonyl (C=O) groups is 2. The van der Waals surface area contributed by atoms with E-state index < -0.39 is 0 Å². The van der Waals surface area contributed by atoms with Crippen molar-refractivity contribution in [1.29, 1.82) is 0 Å². The van der Waals surface area contributed by atoms with Crippen molar-refractivity contribution in [2.75, 3.05) is 5.32 Å². The number of amides is 3. The molecule has 3 N–H and O–H groups in total. The van der Waals surface area contributed by atoms with Gasteiger partial charge in [-0.25, -0.2) is 4.79 Å². The summed E-state index contributed by atoms with van der Waals surface area (Å²) in [5, 5.41) is 8.44. The third-order valence-electron chi connectivity index (χ3n) is 3.53. The Labute approximate surface area is 156 Å². The summed E-state index contributed by atoms with van der Waals surface area (Å²) >= 11 is 3.41. The van der Waals surface area contributed by atoms with Gasteiger partial charge < -0.3 is 16.0 Å². The fourth-order valence-corrected chi connectivity index (χ4v) is 2.71. The molecule has 3 amide bonds. The number of hydrogen-bond acceptors (Lipinski definition) is 2. The Morgan fingerprint density at radius 2 is 1.76 bits per heavy atom. The van der Waals surface area contributed by atoms with Crippen molar-refractivity contribution in [2.45, 2.75) is 33.4 Å². The van der Waals surface area contributed by atoms with Crippen LogP contribution in [-0.2, 0) is 6.54 Å². The molecule has 0 saturated heterocycles. The Morgan fingerprint density at radius 1 is 1.08 bits per heavy atom. The summed E-state index contributed by atoms with van der Waals surface area (Å²) < 4.78 is 0.973. The molecule has 0 spiro atoms. The number of hydrogen-bond donors (Lipinski definition) is 3. The zero-order valence-corrected chi connectivity index (χ0v) is 16.1. The van der Waals surface area contributed by atoms with Crippen molar-refractivity contribution in [3.05, 3.63) is 63.6 Å². The molecule has 0 atom stereocenters. The first-order valence-corrected chi connectivity index (χ1v) is 8.85. The minimum atomic E-state index is -0.206. The lowest BCUT2D eigenvalue weighted by atomic mass is 10.1. The number of carbonyl (C=O) groups excluding carboxylic acids is 2. The zero-order valence-electron chi connectivity index (χ0n) is 14.5. The van der Waals surface area contributed by atoms with Gasteiger partial charge in [0.2, 0.25) is 0 Å². The van der Waals surface area contributed by atoms with Crippen molar-refractivity contribution < 1.29 is 9.59 Å². The SMILES string of the molecule is Cc1cc(Br)ccc1NC(=O)c1ccc(CNC(=O)NC(C)C)cc1. The second kappa shape index (κ2) is 8.67. The normalized spacial score (nSPS) is 10.4. The van der Waals surface area contributed by atoms with Crippen molar-refractivity contribution in [1.82, 2.24) is 10.6 Å². The van der Waals surface area contributed by atoms with Gasteiger partial charge in [0.05, 0.1) is 0 Å². The van der Waals surface area contributed by atoms with Crippen LogP contribution in [0, 0.1) is 6.92 Å². The molecule has 0 aliphatic heterocycles. The highest BCUT2D eigenvalue weighted by molar-refractivity contribution is 9.10. The first-order chi connectivity index (χ1) is 11.8. The van der Waals surface area contributed by atoms with Crippen molar-refractivity contribution in [2.24, 2.45) is 0 Å². The Hall–Kier alpha value is -2.34. The van der Waals surface area contributed by atoms with Crippen LogP contribution in [0.15, 0.2) is 46.9 Å². The molecule has 132 valence electrons. The van der Waals surface area contributed by atoms with Crippen LogP contribution in [0.2, 0.25) is 0 Å². The largest absolute Gasteiger partial charge is 0.336 e. The number of benzene rings is 2. The number of anilines is 1. The topological polar surface area (TPSA) is 70.2 Å². The maximum Gasteiger partial charge on any atom is 0.315 e. The van der Waals surface area contributed by atoms with E-state index in [1.807, 2.05) is 51.1 Å². The van der Waals surface area contributed by atoms with Crippen molar-refractivity contribution in [3.63, 3.8) is 0 Å². The van der Waals surface area contributed by atoms with Crippen LogP contribution in [0.5, 0.6) is 0 Å². The van der Waals surface area contributed by atoms with E-state index in [0.29, 0.717) is 12.1 Å². The van der Waals surface area contributed by atoms with Crippen LogP contribution in [0.3, 0.4) is 0 Å². The summed E-state index contributed by atoms with van der Waals surface area (Å²) in [6.45, 7) is 6.16. The molecule has 0 aliphatic carbocycles. The third-order valence-corrected chi connectivity index (χ3v) is 4.02. The molecule has 0 aliphatic rings. The predicted molar refractivity (Wildman–Crippen MR) is 104 cm³/mol. The Balaban J connectivity index is 1.94. The average Bonchev–Trinajstić information content (AvgIpc) is 2.55. The van der Waals surface area contributed by atoms with Gasteiger partial charge in [-0.1, -0.05) is 28.1 Å². The number of halogens is 1. The predicted octanol–water partition coefficient (Wildman–Crippen LogP) is 4.22. The highest BCUT2D eigenvalue weighted by Gasteiger charge is 2.08. The fraction of sp³-hybridized carbons (Fsp3) is 0.263. The standard InChI is InChI=1S/C19H22BrN3O2/c1-12(2)22-19(25)21-11-14-4-6-15(7-5-14)18(24)23-17-9-8-16(20)10-13(17)3/h4-10,12H,11H2,1-3H3,(H,23,24)(H2,21,22,25). The summed E-state index contributed by atoms with van der Waals surface area (Å²) in [5.74, 6) is -0.164. The van der Waals surface area contributed by atoms with E-state index in [4.69, 9.17) is 0 Å². The van der Waals surface area contributed by atoms with Crippen LogP contribution < -0.4 is 16.0 Å². The maximum atomic E-state index is 12.3. The van der Waals surface area contributed by atoms with Gasteiger partial charge >= 0.3 is 6.03 Å². The Morgan fingerprint density at radius 3 is 2.36 bits per heavy atom. The van der Waals surface area contributed by atoms with Crippen LogP contribution in [0.4, 0.5) is 10.5 Å². The van der Waals surface area contributed by atoms with E-state index in [9.17, 15) is 9.59 Å². The second-order valence-electron chi connectivity index (χ2n) is 6.09. The zero-order chi connectivity index (χ0) is 18.4. The molecule has 0 unspecified atom stereocenters. The molecule has 2 aromatic carbocycles. The smallest absolute Gasteiger partial charge is 0.315 e. The van der Waals surface area contributed by atoms with E-state index >= 15 is 0 Å². The van der Waals surface area contributed by atoms with Crippen molar-refractivity contribution >= 4 is 33.6 Å². The molecule has 0 radical (unpaired) electrons. The fourth-order valence-electron chi connectivity index (χ4n) is 2.23. The van der Waals surface area contributed by atoms with Gasteiger partial charge in [0.1, 0.15) is 0 Å². The Kier molecular flexibility index (Phi) is 6.58. The lowest BCUT2D eigenvalue weighted by Gasteiger charge is -2.11. The van der Waals surface area contributed by atoms with Gasteiger partial charge in [-0.3, -0.25) is 4.79 Å². The van der Waals surface area contributed by atoms with Gasteiger partial charge in [0, 0.05) is 28.3 Å². The molecule has 0 bridgehead atoms. The van der Waals surface area contributed by atoms with Gasteiger partial charge in [-0.15, -0.1) is 0 Å². The lowest BCUT2D eigenvalue weighted by molar-refractivity contribution is 0.102. The average molecular weight is 404 g/mol. The van der Waals surface area contributed by atoms with E-state index in [1.54, 1.807) is 12.1 Å². The maximum absolute atomic E-state index is 12.3. The van der Waals surface area contributed by atoms with Crippen LogP contribution >= 0.6 is 15.9 Å². The van der Waals surface area contributed by atoms with Gasteiger partial charge in [0.15, 0.2) is 0 Å². The lowest BCUT2D eigenvalue weighted by Crippen LogP contribution is -2.39. The molecule has 2 rings (SSSR count). The van der Waals surface area contributed by atoms with Gasteiger partial charge in [0.25, 0.3) is 5.91 Å². The monoisotopic (exact) mass is 403 g/mol. The highest BCUT2D eigenvalue weighted by Crippen LogP contribution is 2.20. The molecular weight excluding hydrogens is 382 g/mol. The summed E-state index contributed by atoms with van der Waals surface area (Å²) in [4.78, 5) is 23.9. The summed E-state index contributed by atoms with van der Waals surface area (Å²) in [7, 11) is 0. The molecule has 0 fully saturated rings. The van der Waals surface area contributed by atoms with Crippen LogP contribution in [0.25, 0.3) is 0 Å². The molecule has 6 heteroatoms. The summed E-state index contributed by atoms with van der Waals surface area (Å²) in [5.41, 5.74) is 3.26. The number of urea groups is 1.